The molecule has 0 bridgehead atoms. The number of anilines is 1. The zero-order valence-electron chi connectivity index (χ0n) is 14.7. The fourth-order valence-corrected chi connectivity index (χ4v) is 2.56. The van der Waals surface area contributed by atoms with Gasteiger partial charge in [0.25, 0.3) is 0 Å². The molecule has 2 N–H and O–H groups in total. The number of amides is 2. The molecule has 0 aliphatic carbocycles. The largest absolute Gasteiger partial charge is 0.417 e. The van der Waals surface area contributed by atoms with E-state index in [2.05, 4.69) is 20.8 Å². The SMILES string of the molecule is CC(=O)Nc1ccc(CC(=O)NCc2nnc3ccc(C(F)(F)F)cn23)cc1. The van der Waals surface area contributed by atoms with E-state index in [0.29, 0.717) is 5.69 Å². The molecule has 2 aromatic heterocycles. The van der Waals surface area contributed by atoms with Gasteiger partial charge in [0.1, 0.15) is 0 Å². The van der Waals surface area contributed by atoms with Crippen molar-refractivity contribution in [3.8, 4) is 0 Å². The molecule has 1 aromatic carbocycles. The van der Waals surface area contributed by atoms with Crippen molar-refractivity contribution in [3.63, 3.8) is 0 Å². The average molecular weight is 391 g/mol. The number of alkyl halides is 3. The lowest BCUT2D eigenvalue weighted by molar-refractivity contribution is -0.138. The first-order valence-corrected chi connectivity index (χ1v) is 8.26. The number of fused-ring (bicyclic) bond motifs is 1. The number of carbonyl (C=O) groups excluding carboxylic acids is 2. The third-order valence-electron chi connectivity index (χ3n) is 3.88. The lowest BCUT2D eigenvalue weighted by Gasteiger charge is -2.08. The summed E-state index contributed by atoms with van der Waals surface area (Å²) in [6.45, 7) is 1.33. The molecule has 3 rings (SSSR count). The van der Waals surface area contributed by atoms with Crippen LogP contribution in [0.25, 0.3) is 5.65 Å². The molecule has 3 aromatic rings. The normalized spacial score (nSPS) is 11.4. The van der Waals surface area contributed by atoms with Gasteiger partial charge in [-0.15, -0.1) is 10.2 Å². The quantitative estimate of drug-likeness (QED) is 0.700. The van der Waals surface area contributed by atoms with Crippen molar-refractivity contribution in [3.05, 3.63) is 59.5 Å². The van der Waals surface area contributed by atoms with E-state index < -0.39 is 11.7 Å². The summed E-state index contributed by atoms with van der Waals surface area (Å²) >= 11 is 0. The molecule has 2 amide bonds. The molecule has 0 unspecified atom stereocenters. The van der Waals surface area contributed by atoms with E-state index in [1.807, 2.05) is 0 Å². The number of aromatic nitrogens is 3. The molecule has 0 atom stereocenters. The lowest BCUT2D eigenvalue weighted by Crippen LogP contribution is -2.25. The van der Waals surface area contributed by atoms with Crippen molar-refractivity contribution in [1.82, 2.24) is 19.9 Å². The van der Waals surface area contributed by atoms with E-state index >= 15 is 0 Å². The lowest BCUT2D eigenvalue weighted by atomic mass is 10.1. The smallest absolute Gasteiger partial charge is 0.348 e. The van der Waals surface area contributed by atoms with Crippen molar-refractivity contribution in [1.29, 1.82) is 0 Å². The molecule has 0 aliphatic rings. The molecule has 0 aliphatic heterocycles. The topological polar surface area (TPSA) is 88.4 Å². The minimum absolute atomic E-state index is 0.0642. The third-order valence-corrected chi connectivity index (χ3v) is 3.88. The number of hydrogen-bond acceptors (Lipinski definition) is 4. The van der Waals surface area contributed by atoms with Crippen molar-refractivity contribution >= 4 is 23.1 Å². The summed E-state index contributed by atoms with van der Waals surface area (Å²) in [7, 11) is 0. The van der Waals surface area contributed by atoms with Crippen LogP contribution in [0.15, 0.2) is 42.6 Å². The van der Waals surface area contributed by atoms with E-state index in [1.54, 1.807) is 24.3 Å². The predicted molar refractivity (Wildman–Crippen MR) is 94.3 cm³/mol. The number of halogens is 3. The van der Waals surface area contributed by atoms with E-state index in [1.165, 1.54) is 17.4 Å². The maximum atomic E-state index is 12.9. The molecule has 0 saturated carbocycles. The van der Waals surface area contributed by atoms with E-state index in [9.17, 15) is 22.8 Å². The van der Waals surface area contributed by atoms with Gasteiger partial charge in [-0.1, -0.05) is 12.1 Å². The van der Waals surface area contributed by atoms with E-state index in [4.69, 9.17) is 0 Å². The predicted octanol–water partition coefficient (Wildman–Crippen LogP) is 2.57. The van der Waals surface area contributed by atoms with Crippen molar-refractivity contribution in [2.75, 3.05) is 5.32 Å². The minimum Gasteiger partial charge on any atom is -0.348 e. The maximum absolute atomic E-state index is 12.9. The summed E-state index contributed by atoms with van der Waals surface area (Å²) in [6, 6.07) is 8.90. The van der Waals surface area contributed by atoms with Gasteiger partial charge in [0.15, 0.2) is 11.5 Å². The van der Waals surface area contributed by atoms with Gasteiger partial charge in [0, 0.05) is 18.8 Å². The van der Waals surface area contributed by atoms with Crippen LogP contribution in [0.5, 0.6) is 0 Å². The summed E-state index contributed by atoms with van der Waals surface area (Å²) in [5.41, 5.74) is 0.765. The molecule has 0 spiro atoms. The van der Waals surface area contributed by atoms with Crippen molar-refractivity contribution in [2.45, 2.75) is 26.1 Å². The Morgan fingerprint density at radius 1 is 1.07 bits per heavy atom. The first kappa shape index (κ1) is 19.3. The molecule has 146 valence electrons. The Morgan fingerprint density at radius 3 is 2.43 bits per heavy atom. The van der Waals surface area contributed by atoms with Gasteiger partial charge in [-0.05, 0) is 29.8 Å². The highest BCUT2D eigenvalue weighted by molar-refractivity contribution is 5.88. The Hall–Kier alpha value is -3.43. The van der Waals surface area contributed by atoms with Crippen LogP contribution in [0, 0.1) is 0 Å². The summed E-state index contributed by atoms with van der Waals surface area (Å²) in [5, 5.41) is 12.9. The second kappa shape index (κ2) is 7.67. The second-order valence-electron chi connectivity index (χ2n) is 6.09. The van der Waals surface area contributed by atoms with Crippen LogP contribution >= 0.6 is 0 Å². The number of rotatable bonds is 5. The van der Waals surface area contributed by atoms with Gasteiger partial charge in [-0.25, -0.2) is 0 Å². The number of nitrogens with zero attached hydrogens (tertiary/aromatic N) is 3. The van der Waals surface area contributed by atoms with Crippen LogP contribution < -0.4 is 10.6 Å². The fraction of sp³-hybridized carbons (Fsp3) is 0.222. The Kier molecular flexibility index (Phi) is 5.30. The van der Waals surface area contributed by atoms with Crippen LogP contribution in [-0.4, -0.2) is 26.4 Å². The van der Waals surface area contributed by atoms with E-state index in [-0.39, 0.29) is 36.3 Å². The third kappa shape index (κ3) is 4.64. The first-order chi connectivity index (χ1) is 13.2. The molecule has 0 fully saturated rings. The highest BCUT2D eigenvalue weighted by Gasteiger charge is 2.31. The van der Waals surface area contributed by atoms with E-state index in [0.717, 1.165) is 17.8 Å². The number of hydrogen-bond donors (Lipinski definition) is 2. The molecular weight excluding hydrogens is 375 g/mol. The van der Waals surface area contributed by atoms with Crippen molar-refractivity contribution < 1.29 is 22.8 Å². The number of carbonyl (C=O) groups is 2. The number of pyridine rings is 1. The van der Waals surface area contributed by atoms with Crippen molar-refractivity contribution in [2.24, 2.45) is 0 Å². The molecule has 2 heterocycles. The van der Waals surface area contributed by atoms with Crippen LogP contribution in [0.3, 0.4) is 0 Å². The Labute approximate surface area is 157 Å². The van der Waals surface area contributed by atoms with Gasteiger partial charge >= 0.3 is 6.18 Å². The van der Waals surface area contributed by atoms with Gasteiger partial charge in [-0.2, -0.15) is 13.2 Å². The summed E-state index contributed by atoms with van der Waals surface area (Å²) in [5.74, 6) is -0.328. The Balaban J connectivity index is 1.63. The molecule has 0 saturated heterocycles. The van der Waals surface area contributed by atoms with Gasteiger partial charge < -0.3 is 10.6 Å². The monoisotopic (exact) mass is 391 g/mol. The molecule has 10 heteroatoms. The van der Waals surface area contributed by atoms with Gasteiger partial charge in [-0.3, -0.25) is 14.0 Å². The molecular formula is C18H16F3N5O2. The van der Waals surface area contributed by atoms with Crippen LogP contribution in [0.2, 0.25) is 0 Å². The Bertz CT molecular complexity index is 1010. The average Bonchev–Trinajstić information content (AvgIpc) is 3.03. The second-order valence-corrected chi connectivity index (χ2v) is 6.09. The first-order valence-electron chi connectivity index (χ1n) is 8.26. The van der Waals surface area contributed by atoms with Crippen LogP contribution in [0.4, 0.5) is 18.9 Å². The minimum atomic E-state index is -4.48. The van der Waals surface area contributed by atoms with Crippen LogP contribution in [-0.2, 0) is 28.7 Å². The summed E-state index contributed by atoms with van der Waals surface area (Å²) in [4.78, 5) is 23.1. The number of nitrogens with one attached hydrogen (secondary N) is 2. The summed E-state index contributed by atoms with van der Waals surface area (Å²) < 4.78 is 39.8. The Morgan fingerprint density at radius 2 is 1.79 bits per heavy atom. The zero-order chi connectivity index (χ0) is 20.3. The van der Waals surface area contributed by atoms with Gasteiger partial charge in [0.2, 0.25) is 11.8 Å². The highest BCUT2D eigenvalue weighted by atomic mass is 19.4. The highest BCUT2D eigenvalue weighted by Crippen LogP contribution is 2.29. The summed E-state index contributed by atoms with van der Waals surface area (Å²) in [6.07, 6.45) is -3.51. The molecule has 7 nitrogen and oxygen atoms in total. The zero-order valence-corrected chi connectivity index (χ0v) is 14.7. The maximum Gasteiger partial charge on any atom is 0.417 e. The molecule has 28 heavy (non-hydrogen) atoms. The molecule has 0 radical (unpaired) electrons. The van der Waals surface area contributed by atoms with Crippen LogP contribution in [0.1, 0.15) is 23.9 Å². The van der Waals surface area contributed by atoms with Gasteiger partial charge in [0.05, 0.1) is 18.5 Å². The fourth-order valence-electron chi connectivity index (χ4n) is 2.56. The standard InChI is InChI=1S/C18H16F3N5O2/c1-11(27)23-14-5-2-12(3-6-14)8-17(28)22-9-16-25-24-15-7-4-13(10-26(15)16)18(19,20)21/h2-7,10H,8-9H2,1H3,(H,22,28)(H,23,27). The number of benzene rings is 1.